The fraction of sp³-hybridized carbons (Fsp3) is 0.600. The summed E-state index contributed by atoms with van der Waals surface area (Å²) >= 11 is 0. The molecule has 8 heteroatoms. The molecule has 0 aromatic carbocycles. The molecule has 2 rings (SSSR count). The molecule has 0 atom stereocenters. The maximum Gasteiger partial charge on any atom is 0.331 e. The second-order valence-electron chi connectivity index (χ2n) is 5.97. The van der Waals surface area contributed by atoms with E-state index in [1.54, 1.807) is 0 Å². The third kappa shape index (κ3) is 3.69. The SMILES string of the molecule is Cn1c(=O)ccn(CC(=O)NC2(C(=O)O)CCCCCC2)c1=O. The standard InChI is InChI=1S/C15H21N3O5/c1-17-12(20)6-9-18(14(17)23)10-11(19)16-15(13(21)22)7-4-2-3-5-8-15/h6,9H,2-5,7-8,10H2,1H3,(H,16,19)(H,21,22). The van der Waals surface area contributed by atoms with E-state index in [-0.39, 0.29) is 6.54 Å². The minimum Gasteiger partial charge on any atom is -0.480 e. The third-order valence-electron chi connectivity index (χ3n) is 4.32. The number of aromatic nitrogens is 2. The van der Waals surface area contributed by atoms with Crippen molar-refractivity contribution in [3.05, 3.63) is 33.1 Å². The molecule has 0 aliphatic heterocycles. The molecule has 0 radical (unpaired) electrons. The highest BCUT2D eigenvalue weighted by Crippen LogP contribution is 2.27. The van der Waals surface area contributed by atoms with Gasteiger partial charge in [-0.15, -0.1) is 0 Å². The van der Waals surface area contributed by atoms with E-state index in [4.69, 9.17) is 0 Å². The molecule has 1 saturated carbocycles. The van der Waals surface area contributed by atoms with E-state index in [1.165, 1.54) is 19.3 Å². The van der Waals surface area contributed by atoms with Crippen molar-refractivity contribution in [2.24, 2.45) is 7.05 Å². The second-order valence-corrected chi connectivity index (χ2v) is 5.97. The van der Waals surface area contributed by atoms with Crippen LogP contribution in [0.15, 0.2) is 21.9 Å². The molecule has 8 nitrogen and oxygen atoms in total. The summed E-state index contributed by atoms with van der Waals surface area (Å²) < 4.78 is 1.98. The number of carboxylic acids is 1. The number of aliphatic carboxylic acids is 1. The number of carbonyl (C=O) groups excluding carboxylic acids is 1. The van der Waals surface area contributed by atoms with Crippen LogP contribution in [0.4, 0.5) is 0 Å². The Labute approximate surface area is 132 Å². The topological polar surface area (TPSA) is 110 Å². The molecule has 23 heavy (non-hydrogen) atoms. The smallest absolute Gasteiger partial charge is 0.331 e. The van der Waals surface area contributed by atoms with Gasteiger partial charge >= 0.3 is 11.7 Å². The largest absolute Gasteiger partial charge is 0.480 e. The molecule has 0 saturated heterocycles. The maximum atomic E-state index is 12.2. The van der Waals surface area contributed by atoms with Crippen LogP contribution in [-0.2, 0) is 23.2 Å². The molecular formula is C15H21N3O5. The van der Waals surface area contributed by atoms with Gasteiger partial charge in [-0.25, -0.2) is 9.59 Å². The van der Waals surface area contributed by atoms with Gasteiger partial charge in [-0.2, -0.15) is 0 Å². The van der Waals surface area contributed by atoms with E-state index >= 15 is 0 Å². The molecule has 1 aliphatic carbocycles. The number of carbonyl (C=O) groups is 2. The van der Waals surface area contributed by atoms with E-state index in [0.717, 1.165) is 34.8 Å². The van der Waals surface area contributed by atoms with Crippen molar-refractivity contribution in [2.75, 3.05) is 0 Å². The van der Waals surface area contributed by atoms with Gasteiger partial charge in [0.05, 0.1) is 0 Å². The highest BCUT2D eigenvalue weighted by Gasteiger charge is 2.39. The minimum atomic E-state index is -1.27. The van der Waals surface area contributed by atoms with Crippen LogP contribution in [-0.4, -0.2) is 31.7 Å². The zero-order chi connectivity index (χ0) is 17.0. The molecule has 1 heterocycles. The van der Waals surface area contributed by atoms with Crippen molar-refractivity contribution < 1.29 is 14.7 Å². The van der Waals surface area contributed by atoms with Gasteiger partial charge in [0.15, 0.2) is 0 Å². The highest BCUT2D eigenvalue weighted by atomic mass is 16.4. The third-order valence-corrected chi connectivity index (χ3v) is 4.32. The molecule has 0 unspecified atom stereocenters. The van der Waals surface area contributed by atoms with Crippen molar-refractivity contribution in [1.29, 1.82) is 0 Å². The Morgan fingerprint density at radius 1 is 1.22 bits per heavy atom. The van der Waals surface area contributed by atoms with Crippen molar-refractivity contribution in [3.63, 3.8) is 0 Å². The van der Waals surface area contributed by atoms with E-state index in [9.17, 15) is 24.3 Å². The molecule has 1 fully saturated rings. The number of nitrogens with zero attached hydrogens (tertiary/aromatic N) is 2. The number of nitrogens with one attached hydrogen (secondary N) is 1. The van der Waals surface area contributed by atoms with Crippen molar-refractivity contribution >= 4 is 11.9 Å². The Kier molecular flexibility index (Phi) is 5.02. The Bertz CT molecular complexity index is 711. The summed E-state index contributed by atoms with van der Waals surface area (Å²) in [7, 11) is 1.32. The van der Waals surface area contributed by atoms with Crippen LogP contribution in [0.2, 0.25) is 0 Å². The number of hydrogen-bond acceptors (Lipinski definition) is 4. The van der Waals surface area contributed by atoms with Crippen molar-refractivity contribution in [3.8, 4) is 0 Å². The lowest BCUT2D eigenvalue weighted by molar-refractivity contribution is -0.148. The molecule has 0 bridgehead atoms. The second kappa shape index (κ2) is 6.80. The summed E-state index contributed by atoms with van der Waals surface area (Å²) in [6, 6.07) is 1.19. The van der Waals surface area contributed by atoms with Gasteiger partial charge < -0.3 is 10.4 Å². The summed E-state index contributed by atoms with van der Waals surface area (Å²) in [5.74, 6) is -1.59. The Morgan fingerprint density at radius 3 is 2.39 bits per heavy atom. The van der Waals surface area contributed by atoms with Gasteiger partial charge in [-0.1, -0.05) is 25.7 Å². The maximum absolute atomic E-state index is 12.2. The van der Waals surface area contributed by atoms with E-state index < -0.39 is 28.7 Å². The molecule has 1 aromatic heterocycles. The summed E-state index contributed by atoms with van der Waals surface area (Å²) in [4.78, 5) is 47.1. The lowest BCUT2D eigenvalue weighted by atomic mass is 9.90. The average molecular weight is 323 g/mol. The van der Waals surface area contributed by atoms with E-state index in [0.29, 0.717) is 12.8 Å². The summed E-state index contributed by atoms with van der Waals surface area (Å²) in [5.41, 5.74) is -2.34. The zero-order valence-corrected chi connectivity index (χ0v) is 13.1. The molecule has 0 spiro atoms. The molecule has 1 aliphatic rings. The summed E-state index contributed by atoms with van der Waals surface area (Å²) in [5, 5.41) is 12.1. The number of rotatable bonds is 4. The first-order chi connectivity index (χ1) is 10.9. The van der Waals surface area contributed by atoms with Crippen LogP contribution in [0.25, 0.3) is 0 Å². The van der Waals surface area contributed by atoms with Crippen molar-refractivity contribution in [2.45, 2.75) is 50.6 Å². The van der Waals surface area contributed by atoms with Gasteiger partial charge in [0.25, 0.3) is 5.56 Å². The highest BCUT2D eigenvalue weighted by molar-refractivity contribution is 5.86. The molecular weight excluding hydrogens is 302 g/mol. The number of hydrogen-bond donors (Lipinski definition) is 2. The Balaban J connectivity index is 2.17. The molecule has 1 aromatic rings. The summed E-state index contributed by atoms with van der Waals surface area (Å²) in [6.07, 6.45) is 5.40. The van der Waals surface area contributed by atoms with Crippen LogP contribution in [0, 0.1) is 0 Å². The van der Waals surface area contributed by atoms with E-state index in [2.05, 4.69) is 5.32 Å². The van der Waals surface area contributed by atoms with Gasteiger partial charge in [0.1, 0.15) is 12.1 Å². The van der Waals surface area contributed by atoms with Crippen LogP contribution >= 0.6 is 0 Å². The van der Waals surface area contributed by atoms with Gasteiger partial charge in [0.2, 0.25) is 5.91 Å². The van der Waals surface area contributed by atoms with Crippen molar-refractivity contribution in [1.82, 2.24) is 14.5 Å². The molecule has 1 amide bonds. The quantitative estimate of drug-likeness (QED) is 0.748. The molecule has 126 valence electrons. The fourth-order valence-corrected chi connectivity index (χ4v) is 2.92. The van der Waals surface area contributed by atoms with Gasteiger partial charge in [-0.05, 0) is 12.8 Å². The zero-order valence-electron chi connectivity index (χ0n) is 13.1. The molecule has 2 N–H and O–H groups in total. The fourth-order valence-electron chi connectivity index (χ4n) is 2.92. The Hall–Kier alpha value is -2.38. The predicted octanol–water partition coefficient (Wildman–Crippen LogP) is -0.159. The lowest BCUT2D eigenvalue weighted by Gasteiger charge is -2.29. The first kappa shape index (κ1) is 17.0. The van der Waals surface area contributed by atoms with Crippen LogP contribution in [0.5, 0.6) is 0 Å². The van der Waals surface area contributed by atoms with E-state index in [1.807, 2.05) is 0 Å². The Morgan fingerprint density at radius 2 is 1.83 bits per heavy atom. The average Bonchev–Trinajstić information content (AvgIpc) is 2.74. The minimum absolute atomic E-state index is 0.317. The monoisotopic (exact) mass is 323 g/mol. The van der Waals surface area contributed by atoms with Gasteiger partial charge in [0, 0.05) is 19.3 Å². The van der Waals surface area contributed by atoms with Crippen LogP contribution in [0.3, 0.4) is 0 Å². The summed E-state index contributed by atoms with van der Waals surface area (Å²) in [6.45, 7) is -0.317. The normalized spacial score (nSPS) is 17.3. The van der Waals surface area contributed by atoms with Gasteiger partial charge in [-0.3, -0.25) is 18.7 Å². The first-order valence-corrected chi connectivity index (χ1v) is 7.67. The first-order valence-electron chi connectivity index (χ1n) is 7.67. The number of carboxylic acid groups (broad SMARTS) is 1. The predicted molar refractivity (Wildman–Crippen MR) is 82.2 cm³/mol. The lowest BCUT2D eigenvalue weighted by Crippen LogP contribution is -2.55. The van der Waals surface area contributed by atoms with Crippen LogP contribution < -0.4 is 16.6 Å². The van der Waals surface area contributed by atoms with Crippen LogP contribution in [0.1, 0.15) is 38.5 Å². The number of amides is 1.